The number of nitrogens with zero attached hydrogens (tertiary/aromatic N) is 3. The van der Waals surface area contributed by atoms with Gasteiger partial charge in [0.15, 0.2) is 0 Å². The Balaban J connectivity index is 1.83. The van der Waals surface area contributed by atoms with Crippen LogP contribution in [0.4, 0.5) is 0 Å². The third-order valence-electron chi connectivity index (χ3n) is 4.07. The monoisotopic (exact) mass is 289 g/mol. The van der Waals surface area contributed by atoms with Gasteiger partial charge in [-0.1, -0.05) is 29.8 Å². The van der Waals surface area contributed by atoms with Crippen LogP contribution in [0.1, 0.15) is 17.5 Å². The molecule has 1 amide bonds. The molecule has 1 heterocycles. The van der Waals surface area contributed by atoms with Crippen molar-refractivity contribution in [3.8, 4) is 0 Å². The van der Waals surface area contributed by atoms with E-state index in [1.807, 2.05) is 14.1 Å². The van der Waals surface area contributed by atoms with E-state index in [1.54, 1.807) is 4.90 Å². The first-order chi connectivity index (χ1) is 10.0. The van der Waals surface area contributed by atoms with E-state index in [2.05, 4.69) is 41.0 Å². The van der Waals surface area contributed by atoms with Crippen LogP contribution >= 0.6 is 0 Å². The fourth-order valence-corrected chi connectivity index (χ4v) is 2.62. The van der Waals surface area contributed by atoms with Crippen LogP contribution in [0.2, 0.25) is 0 Å². The first-order valence-corrected chi connectivity index (χ1v) is 7.75. The zero-order chi connectivity index (χ0) is 15.2. The van der Waals surface area contributed by atoms with Gasteiger partial charge in [-0.15, -0.1) is 0 Å². The first-order valence-electron chi connectivity index (χ1n) is 7.75. The molecule has 0 bridgehead atoms. The highest BCUT2D eigenvalue weighted by Crippen LogP contribution is 2.10. The van der Waals surface area contributed by atoms with Gasteiger partial charge in [-0.2, -0.15) is 0 Å². The van der Waals surface area contributed by atoms with Crippen LogP contribution < -0.4 is 0 Å². The molecular weight excluding hydrogens is 262 g/mol. The number of carbonyl (C=O) groups is 1. The van der Waals surface area contributed by atoms with E-state index in [0.29, 0.717) is 6.54 Å². The second-order valence-electron chi connectivity index (χ2n) is 6.18. The minimum absolute atomic E-state index is 0.196. The molecule has 0 aliphatic carbocycles. The largest absolute Gasteiger partial charge is 0.348 e. The van der Waals surface area contributed by atoms with Gasteiger partial charge < -0.3 is 4.90 Å². The van der Waals surface area contributed by atoms with Crippen molar-refractivity contribution in [3.63, 3.8) is 0 Å². The lowest BCUT2D eigenvalue weighted by Crippen LogP contribution is -2.38. The van der Waals surface area contributed by atoms with E-state index in [9.17, 15) is 4.79 Å². The van der Waals surface area contributed by atoms with Crippen LogP contribution in [0.15, 0.2) is 24.3 Å². The quantitative estimate of drug-likeness (QED) is 0.842. The first kappa shape index (κ1) is 16.0. The van der Waals surface area contributed by atoms with E-state index in [-0.39, 0.29) is 5.91 Å². The van der Waals surface area contributed by atoms with Crippen LogP contribution in [-0.4, -0.2) is 67.4 Å². The fraction of sp³-hybridized carbons (Fsp3) is 0.588. The summed E-state index contributed by atoms with van der Waals surface area (Å²) < 4.78 is 0. The Hall–Kier alpha value is -1.39. The van der Waals surface area contributed by atoms with Crippen molar-refractivity contribution in [1.82, 2.24) is 14.7 Å². The molecule has 21 heavy (non-hydrogen) atoms. The highest BCUT2D eigenvalue weighted by Gasteiger charge is 2.17. The number of hydrogen-bond donors (Lipinski definition) is 0. The SMILES string of the molecule is Cc1ccc(CN2CCCN(CC(=O)N(C)C)CC2)cc1. The Morgan fingerprint density at radius 3 is 2.33 bits per heavy atom. The molecule has 4 nitrogen and oxygen atoms in total. The molecular formula is C17H27N3O. The second-order valence-corrected chi connectivity index (χ2v) is 6.18. The van der Waals surface area contributed by atoms with Crippen molar-refractivity contribution in [3.05, 3.63) is 35.4 Å². The van der Waals surface area contributed by atoms with Gasteiger partial charge in [-0.05, 0) is 32.0 Å². The van der Waals surface area contributed by atoms with Crippen molar-refractivity contribution in [2.75, 3.05) is 46.8 Å². The Bertz CT molecular complexity index is 456. The van der Waals surface area contributed by atoms with Crippen LogP contribution in [0.5, 0.6) is 0 Å². The molecule has 1 aliphatic rings. The van der Waals surface area contributed by atoms with Gasteiger partial charge in [0.25, 0.3) is 0 Å². The lowest BCUT2D eigenvalue weighted by Gasteiger charge is -2.22. The number of carbonyl (C=O) groups excluding carboxylic acids is 1. The van der Waals surface area contributed by atoms with E-state index >= 15 is 0 Å². The Kier molecular flexibility index (Phi) is 5.76. The molecule has 0 saturated carbocycles. The van der Waals surface area contributed by atoms with Crippen LogP contribution in [0.3, 0.4) is 0 Å². The standard InChI is InChI=1S/C17H27N3O/c1-15-5-7-16(8-6-15)13-19-9-4-10-20(12-11-19)14-17(21)18(2)3/h5-8H,4,9-14H2,1-3H3. The van der Waals surface area contributed by atoms with Crippen molar-refractivity contribution >= 4 is 5.91 Å². The second kappa shape index (κ2) is 7.57. The van der Waals surface area contributed by atoms with Gasteiger partial charge in [-0.3, -0.25) is 14.6 Å². The smallest absolute Gasteiger partial charge is 0.236 e. The topological polar surface area (TPSA) is 26.8 Å². The van der Waals surface area contributed by atoms with Crippen LogP contribution in [0.25, 0.3) is 0 Å². The number of benzene rings is 1. The zero-order valence-corrected chi connectivity index (χ0v) is 13.5. The number of rotatable bonds is 4. The van der Waals surface area contributed by atoms with Gasteiger partial charge in [0, 0.05) is 33.7 Å². The summed E-state index contributed by atoms with van der Waals surface area (Å²) in [6.45, 7) is 7.82. The van der Waals surface area contributed by atoms with Crippen molar-refractivity contribution in [2.45, 2.75) is 19.9 Å². The maximum absolute atomic E-state index is 11.8. The van der Waals surface area contributed by atoms with Gasteiger partial charge in [0.1, 0.15) is 0 Å². The van der Waals surface area contributed by atoms with Crippen molar-refractivity contribution < 1.29 is 4.79 Å². The Labute approximate surface area is 128 Å². The van der Waals surface area contributed by atoms with E-state index < -0.39 is 0 Å². The molecule has 0 atom stereocenters. The van der Waals surface area contributed by atoms with Gasteiger partial charge >= 0.3 is 0 Å². The lowest BCUT2D eigenvalue weighted by molar-refractivity contribution is -0.129. The Morgan fingerprint density at radius 1 is 1.05 bits per heavy atom. The molecule has 1 fully saturated rings. The summed E-state index contributed by atoms with van der Waals surface area (Å²) in [5.41, 5.74) is 2.68. The molecule has 0 aromatic heterocycles. The average molecular weight is 289 g/mol. The number of aryl methyl sites for hydroxylation is 1. The summed E-state index contributed by atoms with van der Waals surface area (Å²) >= 11 is 0. The summed E-state index contributed by atoms with van der Waals surface area (Å²) in [7, 11) is 3.65. The molecule has 1 aromatic rings. The van der Waals surface area contributed by atoms with E-state index in [1.165, 1.54) is 11.1 Å². The number of hydrogen-bond acceptors (Lipinski definition) is 3. The predicted octanol–water partition coefficient (Wildman–Crippen LogP) is 1.59. The third kappa shape index (κ3) is 5.14. The molecule has 0 radical (unpaired) electrons. The zero-order valence-electron chi connectivity index (χ0n) is 13.5. The lowest BCUT2D eigenvalue weighted by atomic mass is 10.1. The Morgan fingerprint density at radius 2 is 1.67 bits per heavy atom. The molecule has 0 spiro atoms. The van der Waals surface area contributed by atoms with Gasteiger partial charge in [-0.25, -0.2) is 0 Å². The van der Waals surface area contributed by atoms with E-state index in [0.717, 1.165) is 39.1 Å². The predicted molar refractivity (Wildman–Crippen MR) is 86.2 cm³/mol. The fourth-order valence-electron chi connectivity index (χ4n) is 2.62. The normalized spacial score (nSPS) is 17.5. The van der Waals surface area contributed by atoms with Crippen LogP contribution in [-0.2, 0) is 11.3 Å². The molecule has 1 saturated heterocycles. The highest BCUT2D eigenvalue weighted by molar-refractivity contribution is 5.77. The summed E-state index contributed by atoms with van der Waals surface area (Å²) in [5, 5.41) is 0. The third-order valence-corrected chi connectivity index (χ3v) is 4.07. The maximum Gasteiger partial charge on any atom is 0.236 e. The molecule has 4 heteroatoms. The van der Waals surface area contributed by atoms with Gasteiger partial charge in [0.05, 0.1) is 6.54 Å². The molecule has 2 rings (SSSR count). The van der Waals surface area contributed by atoms with E-state index in [4.69, 9.17) is 0 Å². The van der Waals surface area contributed by atoms with Crippen LogP contribution in [0, 0.1) is 6.92 Å². The number of amides is 1. The summed E-state index contributed by atoms with van der Waals surface area (Å²) in [5.74, 6) is 0.196. The van der Waals surface area contributed by atoms with Crippen molar-refractivity contribution in [1.29, 1.82) is 0 Å². The summed E-state index contributed by atoms with van der Waals surface area (Å²) in [4.78, 5) is 18.2. The summed E-state index contributed by atoms with van der Waals surface area (Å²) in [6, 6.07) is 8.78. The molecule has 0 N–H and O–H groups in total. The molecule has 0 unspecified atom stereocenters. The molecule has 1 aliphatic heterocycles. The minimum atomic E-state index is 0.196. The maximum atomic E-state index is 11.8. The van der Waals surface area contributed by atoms with Crippen molar-refractivity contribution in [2.24, 2.45) is 0 Å². The molecule has 116 valence electrons. The minimum Gasteiger partial charge on any atom is -0.348 e. The number of likely N-dealkylation sites (N-methyl/N-ethyl adjacent to an activating group) is 1. The van der Waals surface area contributed by atoms with Gasteiger partial charge in [0.2, 0.25) is 5.91 Å². The highest BCUT2D eigenvalue weighted by atomic mass is 16.2. The average Bonchev–Trinajstić information content (AvgIpc) is 2.67. The summed E-state index contributed by atoms with van der Waals surface area (Å²) in [6.07, 6.45) is 1.13. The molecule has 1 aromatic carbocycles.